The van der Waals surface area contributed by atoms with Crippen molar-refractivity contribution in [1.29, 1.82) is 0 Å². The summed E-state index contributed by atoms with van der Waals surface area (Å²) in [6, 6.07) is 6.74. The van der Waals surface area contributed by atoms with Gasteiger partial charge in [-0.3, -0.25) is 14.5 Å². The predicted molar refractivity (Wildman–Crippen MR) is 96.7 cm³/mol. The molecular weight excluding hydrogens is 386 g/mol. The van der Waals surface area contributed by atoms with Gasteiger partial charge < -0.3 is 10.2 Å². The molecule has 2 heterocycles. The number of carbonyl (C=O) groups excluding carboxylic acids is 3. The number of amides is 4. The van der Waals surface area contributed by atoms with Gasteiger partial charge in [0.25, 0.3) is 5.91 Å². The summed E-state index contributed by atoms with van der Waals surface area (Å²) < 4.78 is 0.824. The van der Waals surface area contributed by atoms with E-state index in [4.69, 9.17) is 0 Å². The third kappa shape index (κ3) is 3.42. The van der Waals surface area contributed by atoms with E-state index in [0.29, 0.717) is 24.6 Å². The molecule has 2 aliphatic rings. The molecule has 0 bridgehead atoms. The zero-order valence-corrected chi connectivity index (χ0v) is 16.0. The summed E-state index contributed by atoms with van der Waals surface area (Å²) in [4.78, 5) is 40.6. The van der Waals surface area contributed by atoms with Crippen LogP contribution >= 0.6 is 15.9 Å². The largest absolute Gasteiger partial charge is 0.341 e. The Morgan fingerprint density at radius 3 is 2.84 bits per heavy atom. The highest BCUT2D eigenvalue weighted by molar-refractivity contribution is 9.10. The fourth-order valence-electron chi connectivity index (χ4n) is 3.49. The van der Waals surface area contributed by atoms with Crippen LogP contribution in [-0.2, 0) is 15.1 Å². The molecule has 2 saturated heterocycles. The van der Waals surface area contributed by atoms with Gasteiger partial charge in [-0.25, -0.2) is 4.79 Å². The van der Waals surface area contributed by atoms with E-state index in [9.17, 15) is 14.4 Å². The van der Waals surface area contributed by atoms with Crippen LogP contribution < -0.4 is 5.32 Å². The first-order valence-corrected chi connectivity index (χ1v) is 9.28. The number of hydrogen-bond acceptors (Lipinski definition) is 3. The third-order valence-electron chi connectivity index (χ3n) is 4.98. The summed E-state index contributed by atoms with van der Waals surface area (Å²) in [5.41, 5.74) is -0.474. The number of halogens is 1. The molecule has 1 aromatic rings. The Hall–Kier alpha value is -1.89. The first kappa shape index (κ1) is 17.9. The van der Waals surface area contributed by atoms with Crippen molar-refractivity contribution in [2.75, 3.05) is 19.6 Å². The van der Waals surface area contributed by atoms with Crippen molar-refractivity contribution in [1.82, 2.24) is 15.1 Å². The van der Waals surface area contributed by atoms with Crippen molar-refractivity contribution in [3.8, 4) is 0 Å². The Balaban J connectivity index is 1.76. The Morgan fingerprint density at radius 1 is 1.40 bits per heavy atom. The molecule has 25 heavy (non-hydrogen) atoms. The maximum atomic E-state index is 12.9. The Kier molecular flexibility index (Phi) is 4.86. The van der Waals surface area contributed by atoms with Gasteiger partial charge in [-0.15, -0.1) is 0 Å². The average molecular weight is 408 g/mol. The molecule has 7 heteroatoms. The zero-order chi connectivity index (χ0) is 18.2. The summed E-state index contributed by atoms with van der Waals surface area (Å²) in [6.07, 6.45) is 2.07. The maximum Gasteiger partial charge on any atom is 0.325 e. The van der Waals surface area contributed by atoms with Gasteiger partial charge in [0.1, 0.15) is 12.1 Å². The number of piperidine rings is 1. The Labute approximate surface area is 155 Å². The zero-order valence-electron chi connectivity index (χ0n) is 14.4. The molecule has 0 spiro atoms. The van der Waals surface area contributed by atoms with E-state index >= 15 is 0 Å². The summed E-state index contributed by atoms with van der Waals surface area (Å²) in [7, 11) is 0. The lowest BCUT2D eigenvalue weighted by Gasteiger charge is -2.31. The van der Waals surface area contributed by atoms with Crippen LogP contribution in [0.4, 0.5) is 4.79 Å². The number of rotatable bonds is 3. The van der Waals surface area contributed by atoms with E-state index in [1.807, 2.05) is 12.1 Å². The van der Waals surface area contributed by atoms with Crippen LogP contribution in [0.25, 0.3) is 0 Å². The first-order valence-electron chi connectivity index (χ1n) is 8.49. The van der Waals surface area contributed by atoms with Crippen molar-refractivity contribution in [3.05, 3.63) is 34.3 Å². The van der Waals surface area contributed by atoms with Gasteiger partial charge in [-0.05, 0) is 43.4 Å². The van der Waals surface area contributed by atoms with Crippen LogP contribution in [0.1, 0.15) is 32.3 Å². The van der Waals surface area contributed by atoms with E-state index in [0.717, 1.165) is 22.2 Å². The summed E-state index contributed by atoms with van der Waals surface area (Å²) in [5.74, 6) is -0.115. The second-order valence-corrected chi connectivity index (χ2v) is 7.96. The molecule has 2 aliphatic heterocycles. The number of nitrogens with one attached hydrogen (secondary N) is 1. The van der Waals surface area contributed by atoms with Crippen molar-refractivity contribution in [2.45, 2.75) is 32.2 Å². The molecular formula is C18H22BrN3O3. The van der Waals surface area contributed by atoms with Crippen LogP contribution in [0.5, 0.6) is 0 Å². The number of likely N-dealkylation sites (tertiary alicyclic amines) is 1. The monoisotopic (exact) mass is 407 g/mol. The van der Waals surface area contributed by atoms with Crippen molar-refractivity contribution in [2.24, 2.45) is 5.92 Å². The highest BCUT2D eigenvalue weighted by Gasteiger charge is 2.49. The van der Waals surface area contributed by atoms with Crippen LogP contribution in [-0.4, -0.2) is 47.3 Å². The first-order chi connectivity index (χ1) is 11.8. The molecule has 0 aliphatic carbocycles. The normalized spacial score (nSPS) is 26.8. The average Bonchev–Trinajstić information content (AvgIpc) is 2.79. The summed E-state index contributed by atoms with van der Waals surface area (Å²) >= 11 is 3.38. The second-order valence-electron chi connectivity index (χ2n) is 7.04. The van der Waals surface area contributed by atoms with Gasteiger partial charge in [0.05, 0.1) is 0 Å². The number of imide groups is 1. The van der Waals surface area contributed by atoms with Crippen molar-refractivity contribution < 1.29 is 14.4 Å². The molecule has 134 valence electrons. The van der Waals surface area contributed by atoms with E-state index in [2.05, 4.69) is 28.2 Å². The van der Waals surface area contributed by atoms with Crippen LogP contribution in [0.2, 0.25) is 0 Å². The molecule has 0 saturated carbocycles. The lowest BCUT2D eigenvalue weighted by Crippen LogP contribution is -2.47. The molecule has 0 unspecified atom stereocenters. The number of carbonyl (C=O) groups is 3. The van der Waals surface area contributed by atoms with Crippen LogP contribution in [0.15, 0.2) is 28.7 Å². The minimum absolute atomic E-state index is 0.173. The van der Waals surface area contributed by atoms with E-state index < -0.39 is 17.5 Å². The predicted octanol–water partition coefficient (Wildman–Crippen LogP) is 2.47. The van der Waals surface area contributed by atoms with Crippen LogP contribution in [0, 0.1) is 5.92 Å². The lowest BCUT2D eigenvalue weighted by atomic mass is 9.92. The SMILES string of the molecule is C[C@H]1CCCN(C(=O)CN2C(=O)N[C@@](C)(c3cccc(Br)c3)C2=O)C1. The lowest BCUT2D eigenvalue weighted by molar-refractivity contribution is -0.139. The van der Waals surface area contributed by atoms with Gasteiger partial charge >= 0.3 is 6.03 Å². The topological polar surface area (TPSA) is 69.7 Å². The molecule has 1 N–H and O–H groups in total. The quantitative estimate of drug-likeness (QED) is 0.782. The van der Waals surface area contributed by atoms with Gasteiger partial charge in [0.2, 0.25) is 5.91 Å². The molecule has 0 aromatic heterocycles. The number of hydrogen-bond donors (Lipinski definition) is 1. The number of benzene rings is 1. The maximum absolute atomic E-state index is 12.9. The van der Waals surface area contributed by atoms with Crippen LogP contribution in [0.3, 0.4) is 0 Å². The Morgan fingerprint density at radius 2 is 2.16 bits per heavy atom. The molecule has 3 rings (SSSR count). The van der Waals surface area contributed by atoms with Crippen molar-refractivity contribution >= 4 is 33.8 Å². The summed E-state index contributed by atoms with van der Waals surface area (Å²) in [6.45, 7) is 4.95. The fraction of sp³-hybridized carbons (Fsp3) is 0.500. The molecule has 2 atom stereocenters. The molecule has 2 fully saturated rings. The van der Waals surface area contributed by atoms with E-state index in [-0.39, 0.29) is 12.5 Å². The third-order valence-corrected chi connectivity index (χ3v) is 5.47. The molecule has 0 radical (unpaired) electrons. The van der Waals surface area contributed by atoms with Gasteiger partial charge in [-0.2, -0.15) is 0 Å². The van der Waals surface area contributed by atoms with E-state index in [1.54, 1.807) is 24.0 Å². The smallest absolute Gasteiger partial charge is 0.325 e. The number of urea groups is 1. The van der Waals surface area contributed by atoms with E-state index in [1.165, 1.54) is 0 Å². The van der Waals surface area contributed by atoms with Gasteiger partial charge in [0, 0.05) is 17.6 Å². The standard InChI is InChI=1S/C18H22BrN3O3/c1-12-5-4-8-21(10-12)15(23)11-22-16(24)18(2,20-17(22)25)13-6-3-7-14(19)9-13/h3,6-7,9,12H,4-5,8,10-11H2,1-2H3,(H,20,25)/t12-,18-/m0/s1. The summed E-state index contributed by atoms with van der Waals surface area (Å²) in [5, 5.41) is 2.74. The Bertz CT molecular complexity index is 723. The highest BCUT2D eigenvalue weighted by atomic mass is 79.9. The second kappa shape index (κ2) is 6.78. The molecule has 4 amide bonds. The molecule has 6 nitrogen and oxygen atoms in total. The van der Waals surface area contributed by atoms with Gasteiger partial charge in [0.15, 0.2) is 0 Å². The highest BCUT2D eigenvalue weighted by Crippen LogP contribution is 2.30. The fourth-order valence-corrected chi connectivity index (χ4v) is 3.89. The van der Waals surface area contributed by atoms with Gasteiger partial charge in [-0.1, -0.05) is 35.0 Å². The number of nitrogens with zero attached hydrogens (tertiary/aromatic N) is 2. The van der Waals surface area contributed by atoms with Crippen molar-refractivity contribution in [3.63, 3.8) is 0 Å². The minimum Gasteiger partial charge on any atom is -0.341 e. The molecule has 1 aromatic carbocycles. The minimum atomic E-state index is -1.16.